The monoisotopic (exact) mass is 276 g/mol. The van der Waals surface area contributed by atoms with Gasteiger partial charge >= 0.3 is 0 Å². The molecule has 0 aliphatic rings. The SMILES string of the molecule is CCC(C)C(=O)NN(C(=O)c1ccccc1)C(C)(C)C. The fraction of sp³-hybridized carbons (Fsp3) is 0.500. The van der Waals surface area contributed by atoms with Crippen LogP contribution in [0.1, 0.15) is 51.4 Å². The first-order valence-corrected chi connectivity index (χ1v) is 6.97. The van der Waals surface area contributed by atoms with Crippen LogP contribution in [0.4, 0.5) is 0 Å². The van der Waals surface area contributed by atoms with Crippen molar-refractivity contribution >= 4 is 11.8 Å². The predicted molar refractivity (Wildman–Crippen MR) is 80.0 cm³/mol. The Balaban J connectivity index is 2.97. The van der Waals surface area contributed by atoms with E-state index in [9.17, 15) is 9.59 Å². The molecule has 20 heavy (non-hydrogen) atoms. The van der Waals surface area contributed by atoms with E-state index in [0.29, 0.717) is 5.56 Å². The fourth-order valence-electron chi connectivity index (χ4n) is 1.64. The molecular formula is C16H24N2O2. The van der Waals surface area contributed by atoms with E-state index >= 15 is 0 Å². The standard InChI is InChI=1S/C16H24N2O2/c1-6-12(2)14(19)17-18(16(3,4)5)15(20)13-10-8-7-9-11-13/h7-12H,6H2,1-5H3,(H,17,19). The summed E-state index contributed by atoms with van der Waals surface area (Å²) >= 11 is 0. The van der Waals surface area contributed by atoms with Crippen LogP contribution in [0.5, 0.6) is 0 Å². The molecule has 1 N–H and O–H groups in total. The molecule has 1 rings (SSSR count). The van der Waals surface area contributed by atoms with Gasteiger partial charge in [0.05, 0.1) is 5.54 Å². The van der Waals surface area contributed by atoms with Gasteiger partial charge in [-0.05, 0) is 39.3 Å². The highest BCUT2D eigenvalue weighted by Gasteiger charge is 2.30. The molecule has 0 aliphatic heterocycles. The Labute approximate surface area is 121 Å². The van der Waals surface area contributed by atoms with Gasteiger partial charge in [0.2, 0.25) is 5.91 Å². The third-order valence-electron chi connectivity index (χ3n) is 3.18. The van der Waals surface area contributed by atoms with E-state index in [2.05, 4.69) is 5.43 Å². The lowest BCUT2D eigenvalue weighted by Crippen LogP contribution is -2.56. The topological polar surface area (TPSA) is 49.4 Å². The van der Waals surface area contributed by atoms with Gasteiger partial charge in [0, 0.05) is 11.5 Å². The molecule has 0 radical (unpaired) electrons. The molecular weight excluding hydrogens is 252 g/mol. The van der Waals surface area contributed by atoms with E-state index in [-0.39, 0.29) is 17.7 Å². The Hall–Kier alpha value is -1.84. The molecule has 0 fully saturated rings. The summed E-state index contributed by atoms with van der Waals surface area (Å²) in [6.45, 7) is 9.48. The van der Waals surface area contributed by atoms with Crippen molar-refractivity contribution < 1.29 is 9.59 Å². The van der Waals surface area contributed by atoms with Crippen LogP contribution in [0.3, 0.4) is 0 Å². The summed E-state index contributed by atoms with van der Waals surface area (Å²) in [4.78, 5) is 24.6. The number of rotatable bonds is 3. The third-order valence-corrected chi connectivity index (χ3v) is 3.18. The highest BCUT2D eigenvalue weighted by Crippen LogP contribution is 2.16. The maximum absolute atomic E-state index is 12.5. The first-order valence-electron chi connectivity index (χ1n) is 6.97. The Morgan fingerprint density at radius 3 is 2.20 bits per heavy atom. The highest BCUT2D eigenvalue weighted by atomic mass is 16.2. The van der Waals surface area contributed by atoms with E-state index in [1.165, 1.54) is 5.01 Å². The van der Waals surface area contributed by atoms with E-state index < -0.39 is 5.54 Å². The molecule has 0 aliphatic carbocycles. The van der Waals surface area contributed by atoms with E-state index in [1.54, 1.807) is 12.1 Å². The lowest BCUT2D eigenvalue weighted by atomic mass is 10.1. The molecule has 1 aromatic rings. The van der Waals surface area contributed by atoms with Crippen LogP contribution in [0, 0.1) is 5.92 Å². The Kier molecular flexibility index (Phi) is 5.31. The number of carbonyl (C=O) groups is 2. The van der Waals surface area contributed by atoms with Gasteiger partial charge in [-0.15, -0.1) is 0 Å². The van der Waals surface area contributed by atoms with Crippen LogP contribution in [-0.4, -0.2) is 22.4 Å². The average Bonchev–Trinajstić information content (AvgIpc) is 2.42. The van der Waals surface area contributed by atoms with Crippen molar-refractivity contribution in [3.8, 4) is 0 Å². The molecule has 1 atom stereocenters. The van der Waals surface area contributed by atoms with Crippen molar-refractivity contribution in [1.82, 2.24) is 10.4 Å². The van der Waals surface area contributed by atoms with Crippen LogP contribution in [0.25, 0.3) is 0 Å². The molecule has 110 valence electrons. The van der Waals surface area contributed by atoms with Crippen molar-refractivity contribution in [3.63, 3.8) is 0 Å². The molecule has 0 spiro atoms. The molecule has 2 amide bonds. The second kappa shape index (κ2) is 6.55. The number of nitrogens with one attached hydrogen (secondary N) is 1. The van der Waals surface area contributed by atoms with Crippen molar-refractivity contribution in [3.05, 3.63) is 35.9 Å². The van der Waals surface area contributed by atoms with Crippen LogP contribution in [0.2, 0.25) is 0 Å². The zero-order valence-corrected chi connectivity index (χ0v) is 12.9. The van der Waals surface area contributed by atoms with Crippen LogP contribution in [-0.2, 0) is 4.79 Å². The van der Waals surface area contributed by atoms with Gasteiger partial charge in [-0.2, -0.15) is 0 Å². The lowest BCUT2D eigenvalue weighted by molar-refractivity contribution is -0.130. The zero-order valence-electron chi connectivity index (χ0n) is 12.9. The van der Waals surface area contributed by atoms with Gasteiger partial charge < -0.3 is 0 Å². The summed E-state index contributed by atoms with van der Waals surface area (Å²) in [6, 6.07) is 8.97. The van der Waals surface area contributed by atoms with E-state index in [4.69, 9.17) is 0 Å². The Bertz CT molecular complexity index is 463. The molecule has 1 unspecified atom stereocenters. The quantitative estimate of drug-likeness (QED) is 0.863. The third kappa shape index (κ3) is 4.08. The number of amides is 2. The average molecular weight is 276 g/mol. The van der Waals surface area contributed by atoms with E-state index in [1.807, 2.05) is 52.8 Å². The molecule has 0 saturated carbocycles. The van der Waals surface area contributed by atoms with Crippen molar-refractivity contribution in [2.24, 2.45) is 5.92 Å². The summed E-state index contributed by atoms with van der Waals surface area (Å²) in [7, 11) is 0. The first-order chi connectivity index (χ1) is 9.27. The fourth-order valence-corrected chi connectivity index (χ4v) is 1.64. The Morgan fingerprint density at radius 2 is 1.75 bits per heavy atom. The number of carbonyl (C=O) groups excluding carboxylic acids is 2. The number of hydrogen-bond donors (Lipinski definition) is 1. The largest absolute Gasteiger partial charge is 0.273 e. The lowest BCUT2D eigenvalue weighted by Gasteiger charge is -2.36. The maximum Gasteiger partial charge on any atom is 0.272 e. The van der Waals surface area contributed by atoms with Gasteiger partial charge in [-0.25, -0.2) is 5.01 Å². The predicted octanol–water partition coefficient (Wildman–Crippen LogP) is 3.00. The number of hydrogen-bond acceptors (Lipinski definition) is 2. The van der Waals surface area contributed by atoms with Gasteiger partial charge in [0.1, 0.15) is 0 Å². The van der Waals surface area contributed by atoms with E-state index in [0.717, 1.165) is 6.42 Å². The molecule has 0 bridgehead atoms. The second-order valence-electron chi connectivity index (χ2n) is 5.96. The molecule has 0 aromatic heterocycles. The normalized spacial score (nSPS) is 12.7. The van der Waals surface area contributed by atoms with Crippen LogP contribution in [0.15, 0.2) is 30.3 Å². The molecule has 0 saturated heterocycles. The highest BCUT2D eigenvalue weighted by molar-refractivity contribution is 5.96. The van der Waals surface area contributed by atoms with Gasteiger partial charge in [-0.3, -0.25) is 15.0 Å². The number of benzene rings is 1. The minimum Gasteiger partial charge on any atom is -0.273 e. The van der Waals surface area contributed by atoms with Crippen molar-refractivity contribution in [2.45, 2.75) is 46.6 Å². The van der Waals surface area contributed by atoms with Gasteiger partial charge in [0.15, 0.2) is 0 Å². The van der Waals surface area contributed by atoms with Gasteiger partial charge in [-0.1, -0.05) is 32.0 Å². The Morgan fingerprint density at radius 1 is 1.20 bits per heavy atom. The minimum absolute atomic E-state index is 0.122. The van der Waals surface area contributed by atoms with Crippen LogP contribution >= 0.6 is 0 Å². The summed E-state index contributed by atoms with van der Waals surface area (Å²) in [5.41, 5.74) is 2.82. The molecule has 4 nitrogen and oxygen atoms in total. The second-order valence-corrected chi connectivity index (χ2v) is 5.96. The smallest absolute Gasteiger partial charge is 0.272 e. The van der Waals surface area contributed by atoms with Gasteiger partial charge in [0.25, 0.3) is 5.91 Å². The molecule has 0 heterocycles. The summed E-state index contributed by atoms with van der Waals surface area (Å²) in [5, 5.41) is 1.41. The summed E-state index contributed by atoms with van der Waals surface area (Å²) in [5.74, 6) is -0.454. The zero-order chi connectivity index (χ0) is 15.3. The van der Waals surface area contributed by atoms with Crippen LogP contribution < -0.4 is 5.43 Å². The maximum atomic E-state index is 12.5. The number of nitrogens with zero attached hydrogens (tertiary/aromatic N) is 1. The van der Waals surface area contributed by atoms with Crippen molar-refractivity contribution in [2.75, 3.05) is 0 Å². The summed E-state index contributed by atoms with van der Waals surface area (Å²) in [6.07, 6.45) is 0.739. The molecule has 4 heteroatoms. The summed E-state index contributed by atoms with van der Waals surface area (Å²) < 4.78 is 0. The number of hydrazine groups is 1. The van der Waals surface area contributed by atoms with Crippen molar-refractivity contribution in [1.29, 1.82) is 0 Å². The molecule has 1 aromatic carbocycles. The minimum atomic E-state index is -0.490. The first kappa shape index (κ1) is 16.2.